The van der Waals surface area contributed by atoms with E-state index in [4.69, 9.17) is 27.9 Å². The Morgan fingerprint density at radius 1 is 1.15 bits per heavy atom. The van der Waals surface area contributed by atoms with Crippen LogP contribution in [0.5, 0.6) is 0 Å². The van der Waals surface area contributed by atoms with Crippen molar-refractivity contribution in [3.05, 3.63) is 0 Å². The number of hydrogen-bond acceptors (Lipinski definition) is 6. The van der Waals surface area contributed by atoms with E-state index in [-0.39, 0.29) is 41.7 Å². The first-order valence-electron chi connectivity index (χ1n) is 12.0. The van der Waals surface area contributed by atoms with E-state index in [1.54, 1.807) is 7.05 Å². The van der Waals surface area contributed by atoms with Crippen molar-refractivity contribution in [1.29, 1.82) is 0 Å². The molecule has 0 spiro atoms. The molecular formula is C22H34Cl2F2N4O4. The normalized spacial score (nSPS) is 42.7. The van der Waals surface area contributed by atoms with E-state index in [2.05, 4.69) is 16.1 Å². The first-order valence-corrected chi connectivity index (χ1v) is 12.9. The molecule has 0 radical (unpaired) electrons. The van der Waals surface area contributed by atoms with Crippen LogP contribution in [0.15, 0.2) is 0 Å². The second-order valence-electron chi connectivity index (χ2n) is 10.4. The van der Waals surface area contributed by atoms with Crippen LogP contribution in [-0.2, 0) is 14.3 Å². The third-order valence-electron chi connectivity index (χ3n) is 8.11. The lowest BCUT2D eigenvalue weighted by Gasteiger charge is -2.56. The Hall–Kier alpha value is -0.780. The van der Waals surface area contributed by atoms with Crippen LogP contribution in [0.4, 0.5) is 8.78 Å². The topological polar surface area (TPSA) is 103 Å². The van der Waals surface area contributed by atoms with Gasteiger partial charge in [0, 0.05) is 12.6 Å². The smallest absolute Gasteiger partial charge is 0.255 e. The maximum atomic E-state index is 13.0. The number of nitrogens with one attached hydrogen (secondary N) is 3. The van der Waals surface area contributed by atoms with Crippen LogP contribution in [0.25, 0.3) is 0 Å². The first-order chi connectivity index (χ1) is 16.0. The van der Waals surface area contributed by atoms with Gasteiger partial charge in [-0.25, -0.2) is 19.2 Å². The molecule has 1 heterocycles. The molecular weight excluding hydrogens is 493 g/mol. The Balaban J connectivity index is 1.27. The van der Waals surface area contributed by atoms with Crippen LogP contribution in [-0.4, -0.2) is 88.1 Å². The van der Waals surface area contributed by atoms with Gasteiger partial charge >= 0.3 is 0 Å². The quantitative estimate of drug-likeness (QED) is 0.376. The van der Waals surface area contributed by atoms with Gasteiger partial charge in [-0.05, 0) is 57.8 Å². The van der Waals surface area contributed by atoms with E-state index in [0.717, 1.165) is 12.8 Å². The molecule has 4 aliphatic carbocycles. The van der Waals surface area contributed by atoms with E-state index in [1.165, 1.54) is 5.01 Å². The van der Waals surface area contributed by atoms with Crippen molar-refractivity contribution >= 4 is 35.0 Å². The third-order valence-corrected chi connectivity index (χ3v) is 9.25. The second kappa shape index (κ2) is 10.3. The van der Waals surface area contributed by atoms with E-state index >= 15 is 0 Å². The molecule has 6 atom stereocenters. The minimum atomic E-state index is -2.55. The number of hydrogen-bond donors (Lipinski definition) is 4. The van der Waals surface area contributed by atoms with Crippen LogP contribution in [0.3, 0.4) is 0 Å². The highest BCUT2D eigenvalue weighted by atomic mass is 35.5. The SMILES string of the molecule is CN1NC(C(F)F)CC1C(=O)NC12CCC(NC(=O)COC3CCC(Cl)C(Cl)C3)(CC1)[C@@H](O)C2. The minimum absolute atomic E-state index is 0.0234. The molecule has 0 aromatic carbocycles. The molecule has 4 N–H and O–H groups in total. The average Bonchev–Trinajstić information content (AvgIpc) is 3.18. The van der Waals surface area contributed by atoms with Crippen molar-refractivity contribution in [2.75, 3.05) is 13.7 Å². The van der Waals surface area contributed by atoms with Crippen molar-refractivity contribution < 1.29 is 28.2 Å². The van der Waals surface area contributed by atoms with Crippen molar-refractivity contribution in [2.24, 2.45) is 0 Å². The fourth-order valence-electron chi connectivity index (χ4n) is 5.95. The van der Waals surface area contributed by atoms with Gasteiger partial charge in [0.2, 0.25) is 11.8 Å². The summed E-state index contributed by atoms with van der Waals surface area (Å²) in [4.78, 5) is 25.5. The van der Waals surface area contributed by atoms with Gasteiger partial charge in [0.15, 0.2) is 0 Å². The van der Waals surface area contributed by atoms with Crippen LogP contribution in [0.1, 0.15) is 57.8 Å². The molecule has 34 heavy (non-hydrogen) atoms. The van der Waals surface area contributed by atoms with Gasteiger partial charge in [-0.1, -0.05) is 0 Å². The summed E-state index contributed by atoms with van der Waals surface area (Å²) in [5.41, 5.74) is 1.29. The number of rotatable bonds is 7. The minimum Gasteiger partial charge on any atom is -0.391 e. The summed E-state index contributed by atoms with van der Waals surface area (Å²) in [6, 6.07) is -1.75. The summed E-state index contributed by atoms with van der Waals surface area (Å²) in [5.74, 6) is -0.602. The Bertz CT molecular complexity index is 771. The molecule has 5 unspecified atom stereocenters. The standard InChI is InChI=1S/C22H34Cl2F2N4O4/c1-30-16(9-15(29-30)19(25)26)20(33)28-21-4-6-22(7-5-21,17(31)10-21)27-18(32)11-34-12-2-3-13(23)14(24)8-12/h12-17,19,29,31H,2-11H2,1H3,(H,27,32)(H,28,33)/t12?,13?,14?,15?,16?,17-,21?,22?/m0/s1. The lowest BCUT2D eigenvalue weighted by atomic mass is 9.59. The summed E-state index contributed by atoms with van der Waals surface area (Å²) in [6.45, 7) is -0.107. The lowest BCUT2D eigenvalue weighted by Crippen LogP contribution is -2.71. The summed E-state index contributed by atoms with van der Waals surface area (Å²) in [5, 5.41) is 18.1. The molecule has 2 amide bonds. The monoisotopic (exact) mass is 526 g/mol. The Morgan fingerprint density at radius 3 is 2.44 bits per heavy atom. The molecule has 4 saturated carbocycles. The zero-order valence-electron chi connectivity index (χ0n) is 19.2. The fourth-order valence-corrected chi connectivity index (χ4v) is 6.51. The highest BCUT2D eigenvalue weighted by molar-refractivity contribution is 6.30. The average molecular weight is 527 g/mol. The van der Waals surface area contributed by atoms with Gasteiger partial charge < -0.3 is 20.5 Å². The van der Waals surface area contributed by atoms with Crippen molar-refractivity contribution in [3.8, 4) is 0 Å². The molecule has 12 heteroatoms. The van der Waals surface area contributed by atoms with Crippen LogP contribution >= 0.6 is 23.2 Å². The number of carbonyl (C=O) groups excluding carboxylic acids is 2. The molecule has 8 nitrogen and oxygen atoms in total. The largest absolute Gasteiger partial charge is 0.391 e. The number of ether oxygens (including phenoxy) is 1. The molecule has 1 saturated heterocycles. The van der Waals surface area contributed by atoms with Gasteiger partial charge in [0.25, 0.3) is 6.43 Å². The Morgan fingerprint density at radius 2 is 1.85 bits per heavy atom. The molecule has 0 aromatic heterocycles. The maximum Gasteiger partial charge on any atom is 0.255 e. The zero-order chi connectivity index (χ0) is 24.7. The van der Waals surface area contributed by atoms with Gasteiger partial charge in [-0.3, -0.25) is 9.59 Å². The Labute approximate surface area is 208 Å². The number of alkyl halides is 4. The summed E-state index contributed by atoms with van der Waals surface area (Å²) in [6.07, 6.45) is 1.14. The molecule has 0 aromatic rings. The molecule has 194 valence electrons. The van der Waals surface area contributed by atoms with Gasteiger partial charge in [-0.2, -0.15) is 0 Å². The molecule has 5 aliphatic rings. The molecule has 1 aliphatic heterocycles. The van der Waals surface area contributed by atoms with E-state index in [1.807, 2.05) is 0 Å². The van der Waals surface area contributed by atoms with E-state index in [0.29, 0.717) is 38.5 Å². The number of nitrogens with zero attached hydrogens (tertiary/aromatic N) is 1. The summed E-state index contributed by atoms with van der Waals surface area (Å²) < 4.78 is 31.8. The van der Waals surface area contributed by atoms with Crippen molar-refractivity contribution in [1.82, 2.24) is 21.1 Å². The number of carbonyl (C=O) groups is 2. The molecule has 2 bridgehead atoms. The second-order valence-corrected chi connectivity index (χ2v) is 11.5. The van der Waals surface area contributed by atoms with Gasteiger partial charge in [0.05, 0.1) is 34.5 Å². The van der Waals surface area contributed by atoms with Gasteiger partial charge in [0.1, 0.15) is 12.6 Å². The number of amides is 2. The highest BCUT2D eigenvalue weighted by Gasteiger charge is 2.56. The van der Waals surface area contributed by atoms with Crippen LogP contribution < -0.4 is 16.1 Å². The zero-order valence-corrected chi connectivity index (χ0v) is 20.8. The number of halogens is 4. The molecule has 5 fully saturated rings. The highest BCUT2D eigenvalue weighted by Crippen LogP contribution is 2.47. The fraction of sp³-hybridized carbons (Fsp3) is 0.909. The lowest BCUT2D eigenvalue weighted by molar-refractivity contribution is -0.141. The first kappa shape index (κ1) is 26.3. The predicted octanol–water partition coefficient (Wildman–Crippen LogP) is 1.66. The summed E-state index contributed by atoms with van der Waals surface area (Å²) in [7, 11) is 1.58. The van der Waals surface area contributed by atoms with Crippen LogP contribution in [0, 0.1) is 0 Å². The number of likely N-dealkylation sites (N-methyl/N-ethyl adjacent to an activating group) is 1. The third kappa shape index (κ3) is 5.47. The number of fused-ring (bicyclic) bond motifs is 3. The van der Waals surface area contributed by atoms with Gasteiger partial charge in [-0.15, -0.1) is 23.2 Å². The van der Waals surface area contributed by atoms with E-state index < -0.39 is 35.7 Å². The summed E-state index contributed by atoms with van der Waals surface area (Å²) >= 11 is 12.3. The van der Waals surface area contributed by atoms with Crippen LogP contribution in [0.2, 0.25) is 0 Å². The molecule has 5 rings (SSSR count). The number of aliphatic hydroxyl groups excluding tert-OH is 1. The van der Waals surface area contributed by atoms with Crippen molar-refractivity contribution in [2.45, 2.75) is 110 Å². The number of hydrazine groups is 1. The van der Waals surface area contributed by atoms with E-state index in [9.17, 15) is 23.5 Å². The Kier molecular flexibility index (Phi) is 7.96. The van der Waals surface area contributed by atoms with Crippen molar-refractivity contribution in [3.63, 3.8) is 0 Å². The number of aliphatic hydroxyl groups is 1. The maximum absolute atomic E-state index is 13.0. The predicted molar refractivity (Wildman–Crippen MR) is 123 cm³/mol.